The second-order valence-corrected chi connectivity index (χ2v) is 13.3. The summed E-state index contributed by atoms with van der Waals surface area (Å²) in [5.74, 6) is 0. The molecule has 254 valence electrons. The molecule has 8 aromatic rings. The lowest BCUT2D eigenvalue weighted by Crippen LogP contribution is -2.29. The van der Waals surface area contributed by atoms with E-state index in [-0.39, 0.29) is 0 Å². The van der Waals surface area contributed by atoms with Crippen molar-refractivity contribution in [2.45, 2.75) is 39.5 Å². The number of anilines is 3. The zero-order chi connectivity index (χ0) is 35.8. The maximum Gasteiger partial charge on any atom is 0.135 e. The fourth-order valence-corrected chi connectivity index (χ4v) is 8.49. The van der Waals surface area contributed by atoms with Crippen LogP contribution in [0.15, 0.2) is 180 Å². The van der Waals surface area contributed by atoms with Gasteiger partial charge in [-0.25, -0.2) is 0 Å². The van der Waals surface area contributed by atoms with Crippen LogP contribution in [-0.4, -0.2) is 0 Å². The summed E-state index contributed by atoms with van der Waals surface area (Å²) in [5.41, 5.74) is 13.6. The molecular formula is C50H43NO. The largest absolute Gasteiger partial charge is 0.456 e. The summed E-state index contributed by atoms with van der Waals surface area (Å²) < 4.78 is 6.29. The van der Waals surface area contributed by atoms with Crippen molar-refractivity contribution in [3.8, 4) is 11.1 Å². The van der Waals surface area contributed by atoms with E-state index in [1.807, 2.05) is 32.1 Å². The molecule has 1 aliphatic carbocycles. The van der Waals surface area contributed by atoms with Gasteiger partial charge in [0.05, 0.1) is 11.1 Å². The maximum atomic E-state index is 6.29. The molecule has 0 saturated heterocycles. The van der Waals surface area contributed by atoms with E-state index in [9.17, 15) is 0 Å². The summed E-state index contributed by atoms with van der Waals surface area (Å²) in [5, 5.41) is 4.65. The summed E-state index contributed by atoms with van der Waals surface area (Å²) >= 11 is 0. The maximum absolute atomic E-state index is 6.29. The van der Waals surface area contributed by atoms with E-state index in [0.29, 0.717) is 0 Å². The quantitative estimate of drug-likeness (QED) is 0.157. The topological polar surface area (TPSA) is 16.4 Å². The number of hydrogen-bond donors (Lipinski definition) is 0. The lowest BCUT2D eigenvalue weighted by Gasteiger charge is -2.36. The molecule has 2 nitrogen and oxygen atoms in total. The lowest BCUT2D eigenvalue weighted by atomic mass is 9.66. The first kappa shape index (κ1) is 33.0. The first-order valence-corrected chi connectivity index (χ1v) is 18.4. The Hall–Kier alpha value is -6.12. The van der Waals surface area contributed by atoms with E-state index < -0.39 is 5.41 Å². The molecule has 1 unspecified atom stereocenters. The van der Waals surface area contributed by atoms with Crippen molar-refractivity contribution in [2.24, 2.45) is 0 Å². The van der Waals surface area contributed by atoms with Crippen LogP contribution in [0.2, 0.25) is 0 Å². The van der Waals surface area contributed by atoms with Crippen LogP contribution in [0.1, 0.15) is 49.4 Å². The Morgan fingerprint density at radius 2 is 1.29 bits per heavy atom. The van der Waals surface area contributed by atoms with Gasteiger partial charge in [-0.3, -0.25) is 0 Å². The van der Waals surface area contributed by atoms with Crippen LogP contribution in [0, 0.1) is 6.92 Å². The van der Waals surface area contributed by atoms with Crippen molar-refractivity contribution in [3.05, 3.63) is 198 Å². The average Bonchev–Trinajstić information content (AvgIpc) is 3.71. The Morgan fingerprint density at radius 3 is 2.10 bits per heavy atom. The summed E-state index contributed by atoms with van der Waals surface area (Å²) in [6.45, 7) is 12.6. The van der Waals surface area contributed by atoms with Crippen molar-refractivity contribution >= 4 is 49.8 Å². The number of para-hydroxylation sites is 1. The minimum Gasteiger partial charge on any atom is -0.456 e. The van der Waals surface area contributed by atoms with Gasteiger partial charge in [-0.05, 0) is 94.6 Å². The third-order valence-corrected chi connectivity index (χ3v) is 10.5. The fourth-order valence-electron chi connectivity index (χ4n) is 8.49. The third-order valence-electron chi connectivity index (χ3n) is 10.5. The SMILES string of the molecule is C=C/C=C(\CC)C1(c2ccccc2)c2ccccc2-c2ccc(N(c3ccc4oc5ccccc5c4c3)c3cc(C)cc4ccccc34)cc21.CC. The van der Waals surface area contributed by atoms with Gasteiger partial charge in [-0.1, -0.05) is 154 Å². The van der Waals surface area contributed by atoms with E-state index >= 15 is 0 Å². The van der Waals surface area contributed by atoms with E-state index in [2.05, 4.69) is 171 Å². The molecule has 0 spiro atoms. The minimum absolute atomic E-state index is 0.475. The van der Waals surface area contributed by atoms with E-state index in [4.69, 9.17) is 4.42 Å². The Labute approximate surface area is 307 Å². The van der Waals surface area contributed by atoms with Gasteiger partial charge in [0.2, 0.25) is 0 Å². The normalized spacial score (nSPS) is 14.9. The molecule has 0 bridgehead atoms. The lowest BCUT2D eigenvalue weighted by molar-refractivity contribution is 0.669. The van der Waals surface area contributed by atoms with Crippen molar-refractivity contribution in [1.82, 2.24) is 0 Å². The van der Waals surface area contributed by atoms with Crippen molar-refractivity contribution in [3.63, 3.8) is 0 Å². The number of nitrogens with zero attached hydrogens (tertiary/aromatic N) is 1. The van der Waals surface area contributed by atoms with Gasteiger partial charge in [0.25, 0.3) is 0 Å². The van der Waals surface area contributed by atoms with Gasteiger partial charge in [0.15, 0.2) is 0 Å². The highest BCUT2D eigenvalue weighted by Crippen LogP contribution is 2.58. The monoisotopic (exact) mass is 673 g/mol. The number of furan rings is 1. The molecule has 1 atom stereocenters. The molecule has 7 aromatic carbocycles. The standard InChI is InChI=1S/C48H37NO.C2H6/c1-4-15-34(5-2)48(35-17-7-6-8-18-35)43-22-13-11-20-39(43)40-26-24-37(31-44(40)48)49(45-29-32(3)28-33-16-9-10-19-38(33)45)36-25-27-47-42(30-36)41-21-12-14-23-46(41)50-47;1-2/h4,6-31H,1,5H2,2-3H3;1-2H3/b34-15+;. The average molecular weight is 674 g/mol. The van der Waals surface area contributed by atoms with E-state index in [1.165, 1.54) is 49.7 Å². The van der Waals surface area contributed by atoms with Gasteiger partial charge in [0, 0.05) is 27.5 Å². The molecule has 1 aromatic heterocycles. The van der Waals surface area contributed by atoms with Crippen LogP contribution in [-0.2, 0) is 5.41 Å². The molecule has 2 heteroatoms. The van der Waals surface area contributed by atoms with Crippen LogP contribution in [0.4, 0.5) is 17.1 Å². The van der Waals surface area contributed by atoms with Gasteiger partial charge in [-0.15, -0.1) is 0 Å². The molecule has 52 heavy (non-hydrogen) atoms. The highest BCUT2D eigenvalue weighted by Gasteiger charge is 2.46. The number of rotatable bonds is 7. The summed E-state index contributed by atoms with van der Waals surface area (Å²) in [6, 6.07) is 55.3. The summed E-state index contributed by atoms with van der Waals surface area (Å²) in [4.78, 5) is 2.44. The molecular weight excluding hydrogens is 631 g/mol. The van der Waals surface area contributed by atoms with Gasteiger partial charge < -0.3 is 9.32 Å². The predicted molar refractivity (Wildman–Crippen MR) is 222 cm³/mol. The molecule has 0 fully saturated rings. The second kappa shape index (κ2) is 13.5. The number of aryl methyl sites for hydroxylation is 1. The third kappa shape index (κ3) is 5.09. The van der Waals surface area contributed by atoms with Crippen molar-refractivity contribution < 1.29 is 4.42 Å². The Kier molecular flexibility index (Phi) is 8.61. The molecule has 9 rings (SSSR count). The van der Waals surface area contributed by atoms with E-state index in [0.717, 1.165) is 45.4 Å². The molecule has 0 aliphatic heterocycles. The fraction of sp³-hybridized carbons (Fsp3) is 0.120. The first-order valence-electron chi connectivity index (χ1n) is 18.4. The van der Waals surface area contributed by atoms with Gasteiger partial charge in [-0.2, -0.15) is 0 Å². The van der Waals surface area contributed by atoms with Gasteiger partial charge in [0.1, 0.15) is 11.2 Å². The number of fused-ring (bicyclic) bond motifs is 7. The zero-order valence-electron chi connectivity index (χ0n) is 30.4. The molecule has 0 saturated carbocycles. The highest BCUT2D eigenvalue weighted by molar-refractivity contribution is 6.07. The van der Waals surface area contributed by atoms with E-state index in [1.54, 1.807) is 0 Å². The summed E-state index contributed by atoms with van der Waals surface area (Å²) in [7, 11) is 0. The first-order chi connectivity index (χ1) is 25.6. The number of benzene rings is 7. The molecule has 0 N–H and O–H groups in total. The van der Waals surface area contributed by atoms with Crippen molar-refractivity contribution in [1.29, 1.82) is 0 Å². The van der Waals surface area contributed by atoms with Crippen LogP contribution < -0.4 is 4.90 Å². The van der Waals surface area contributed by atoms with Gasteiger partial charge >= 0.3 is 0 Å². The molecule has 0 radical (unpaired) electrons. The minimum atomic E-state index is -0.475. The molecule has 1 heterocycles. The van der Waals surface area contributed by atoms with Crippen LogP contribution >= 0.6 is 0 Å². The van der Waals surface area contributed by atoms with Crippen LogP contribution in [0.25, 0.3) is 43.8 Å². The highest BCUT2D eigenvalue weighted by atomic mass is 16.3. The Balaban J connectivity index is 0.00000190. The second-order valence-electron chi connectivity index (χ2n) is 13.3. The Bertz CT molecular complexity index is 2620. The Morgan fingerprint density at radius 1 is 0.635 bits per heavy atom. The smallest absolute Gasteiger partial charge is 0.135 e. The number of hydrogen-bond acceptors (Lipinski definition) is 2. The predicted octanol–water partition coefficient (Wildman–Crippen LogP) is 14.4. The van der Waals surface area contributed by atoms with Crippen molar-refractivity contribution in [2.75, 3.05) is 4.90 Å². The number of allylic oxidation sites excluding steroid dienone is 3. The zero-order valence-corrected chi connectivity index (χ0v) is 30.4. The van der Waals surface area contributed by atoms with Crippen LogP contribution in [0.3, 0.4) is 0 Å². The van der Waals surface area contributed by atoms with Crippen LogP contribution in [0.5, 0.6) is 0 Å². The molecule has 1 aliphatic rings. The summed E-state index contributed by atoms with van der Waals surface area (Å²) in [6.07, 6.45) is 5.06. The molecule has 0 amide bonds.